The number of carbonyl (C=O) groups is 2. The molecule has 1 atom stereocenters. The van der Waals surface area contributed by atoms with Crippen molar-refractivity contribution in [2.75, 3.05) is 0 Å². The standard InChI is InChI=1S/C10H12BrNO4S/c1-5-2-8(11)17-7(5)4-12-6(10(15)16)3-9(13)14/h2,6,12H,3-4H2,1H3,(H,13,14)(H,15,16)/t6-/m1/s1. The van der Waals surface area contributed by atoms with Crippen LogP contribution in [0, 0.1) is 6.92 Å². The second-order valence-corrected chi connectivity index (χ2v) is 6.04. The third kappa shape index (κ3) is 4.45. The highest BCUT2D eigenvalue weighted by atomic mass is 79.9. The van der Waals surface area contributed by atoms with Crippen LogP contribution in [0.2, 0.25) is 0 Å². The lowest BCUT2D eigenvalue weighted by Gasteiger charge is -2.11. The van der Waals surface area contributed by atoms with Gasteiger partial charge in [-0.1, -0.05) is 0 Å². The monoisotopic (exact) mass is 321 g/mol. The van der Waals surface area contributed by atoms with Gasteiger partial charge < -0.3 is 10.2 Å². The van der Waals surface area contributed by atoms with Crippen molar-refractivity contribution in [2.24, 2.45) is 0 Å². The fourth-order valence-electron chi connectivity index (χ4n) is 1.29. The van der Waals surface area contributed by atoms with Gasteiger partial charge in [0.15, 0.2) is 0 Å². The van der Waals surface area contributed by atoms with E-state index >= 15 is 0 Å². The molecule has 0 aromatic carbocycles. The first kappa shape index (κ1) is 14.1. The Hall–Kier alpha value is -0.920. The molecule has 1 heterocycles. The van der Waals surface area contributed by atoms with Crippen LogP contribution in [-0.4, -0.2) is 28.2 Å². The minimum atomic E-state index is -1.15. The SMILES string of the molecule is Cc1cc(Br)sc1CN[C@H](CC(=O)O)C(=O)O. The Morgan fingerprint density at radius 2 is 2.18 bits per heavy atom. The van der Waals surface area contributed by atoms with Gasteiger partial charge in [0, 0.05) is 11.4 Å². The van der Waals surface area contributed by atoms with Crippen molar-refractivity contribution in [3.63, 3.8) is 0 Å². The minimum Gasteiger partial charge on any atom is -0.481 e. The Labute approximate surface area is 111 Å². The lowest BCUT2D eigenvalue weighted by Crippen LogP contribution is -2.38. The summed E-state index contributed by atoms with van der Waals surface area (Å²) in [5, 5.41) is 20.2. The smallest absolute Gasteiger partial charge is 0.321 e. The predicted molar refractivity (Wildman–Crippen MR) is 67.3 cm³/mol. The average Bonchev–Trinajstić information content (AvgIpc) is 2.51. The van der Waals surface area contributed by atoms with Crippen molar-refractivity contribution in [3.8, 4) is 0 Å². The summed E-state index contributed by atoms with van der Waals surface area (Å²) >= 11 is 4.84. The van der Waals surface area contributed by atoms with Crippen molar-refractivity contribution in [2.45, 2.75) is 25.9 Å². The molecule has 0 bridgehead atoms. The molecule has 3 N–H and O–H groups in total. The summed E-state index contributed by atoms with van der Waals surface area (Å²) in [6, 6.07) is 0.877. The van der Waals surface area contributed by atoms with Crippen molar-refractivity contribution in [1.82, 2.24) is 5.32 Å². The maximum Gasteiger partial charge on any atom is 0.321 e. The summed E-state index contributed by atoms with van der Waals surface area (Å²) in [5.74, 6) is -2.28. The Morgan fingerprint density at radius 3 is 2.59 bits per heavy atom. The second-order valence-electron chi connectivity index (χ2n) is 3.53. The molecule has 0 saturated carbocycles. The van der Waals surface area contributed by atoms with Crippen LogP contribution in [0.5, 0.6) is 0 Å². The lowest BCUT2D eigenvalue weighted by atomic mass is 10.2. The molecule has 0 radical (unpaired) electrons. The summed E-state index contributed by atoms with van der Waals surface area (Å²) in [5.41, 5.74) is 1.05. The first-order chi connectivity index (χ1) is 7.90. The van der Waals surface area contributed by atoms with Crippen LogP contribution in [0.4, 0.5) is 0 Å². The number of hydrogen-bond donors (Lipinski definition) is 3. The van der Waals surface area contributed by atoms with Crippen LogP contribution < -0.4 is 5.32 Å². The van der Waals surface area contributed by atoms with Gasteiger partial charge in [0.1, 0.15) is 6.04 Å². The van der Waals surface area contributed by atoms with Gasteiger partial charge in [0.2, 0.25) is 0 Å². The third-order valence-corrected chi connectivity index (χ3v) is 3.92. The number of halogens is 1. The molecule has 0 aliphatic rings. The van der Waals surface area contributed by atoms with Crippen molar-refractivity contribution in [1.29, 1.82) is 0 Å². The molecule has 1 rings (SSSR count). The number of thiophene rings is 1. The highest BCUT2D eigenvalue weighted by Crippen LogP contribution is 2.26. The molecule has 0 unspecified atom stereocenters. The van der Waals surface area contributed by atoms with Crippen LogP contribution in [0.3, 0.4) is 0 Å². The first-order valence-electron chi connectivity index (χ1n) is 4.83. The van der Waals surface area contributed by atoms with Gasteiger partial charge in [-0.15, -0.1) is 11.3 Å². The number of nitrogens with one attached hydrogen (secondary N) is 1. The number of rotatable bonds is 6. The molecule has 1 aromatic heterocycles. The Morgan fingerprint density at radius 1 is 1.53 bits per heavy atom. The molecule has 0 aliphatic heterocycles. The molecule has 0 saturated heterocycles. The number of aryl methyl sites for hydroxylation is 1. The molecular formula is C10H12BrNO4S. The minimum absolute atomic E-state index is 0.354. The molecule has 94 valence electrons. The van der Waals surface area contributed by atoms with Crippen LogP contribution in [0.25, 0.3) is 0 Å². The maximum atomic E-state index is 10.8. The zero-order valence-corrected chi connectivity index (χ0v) is 11.5. The van der Waals surface area contributed by atoms with Crippen molar-refractivity contribution < 1.29 is 19.8 Å². The van der Waals surface area contributed by atoms with E-state index in [0.29, 0.717) is 6.54 Å². The quantitative estimate of drug-likeness (QED) is 0.744. The number of carboxylic acid groups (broad SMARTS) is 2. The normalized spacial score (nSPS) is 12.4. The number of carboxylic acids is 2. The predicted octanol–water partition coefficient (Wildman–Crippen LogP) is 1.84. The fraction of sp³-hybridized carbons (Fsp3) is 0.400. The van der Waals surface area contributed by atoms with Crippen LogP contribution in [0.15, 0.2) is 9.85 Å². The molecule has 0 amide bonds. The number of hydrogen-bond acceptors (Lipinski definition) is 4. The molecule has 7 heteroatoms. The van der Waals surface area contributed by atoms with E-state index in [9.17, 15) is 9.59 Å². The average molecular weight is 322 g/mol. The molecule has 5 nitrogen and oxygen atoms in total. The summed E-state index contributed by atoms with van der Waals surface area (Å²) in [6.45, 7) is 2.28. The van der Waals surface area contributed by atoms with E-state index in [4.69, 9.17) is 10.2 Å². The van der Waals surface area contributed by atoms with Crippen LogP contribution in [0.1, 0.15) is 16.9 Å². The molecule has 17 heavy (non-hydrogen) atoms. The molecular weight excluding hydrogens is 310 g/mol. The van der Waals surface area contributed by atoms with E-state index in [1.165, 1.54) is 11.3 Å². The van der Waals surface area contributed by atoms with E-state index < -0.39 is 24.4 Å². The lowest BCUT2D eigenvalue weighted by molar-refractivity contribution is -0.146. The zero-order chi connectivity index (χ0) is 13.0. The molecule has 0 aliphatic carbocycles. The summed E-state index contributed by atoms with van der Waals surface area (Å²) < 4.78 is 0.969. The van der Waals surface area contributed by atoms with Crippen LogP contribution >= 0.6 is 27.3 Å². The summed E-state index contributed by atoms with van der Waals surface area (Å²) in [7, 11) is 0. The highest BCUT2D eigenvalue weighted by Gasteiger charge is 2.20. The van der Waals surface area contributed by atoms with Crippen molar-refractivity contribution >= 4 is 39.2 Å². The van der Waals surface area contributed by atoms with Gasteiger partial charge in [-0.2, -0.15) is 0 Å². The molecule has 1 aromatic rings. The summed E-state index contributed by atoms with van der Waals surface area (Å²) in [4.78, 5) is 22.3. The van der Waals surface area contributed by atoms with Gasteiger partial charge in [0.05, 0.1) is 10.2 Å². The maximum absolute atomic E-state index is 10.8. The number of aliphatic carboxylic acids is 2. The van der Waals surface area contributed by atoms with Gasteiger partial charge in [-0.3, -0.25) is 14.9 Å². The van der Waals surface area contributed by atoms with E-state index in [0.717, 1.165) is 14.2 Å². The molecule has 0 fully saturated rings. The Kier molecular flexibility index (Phi) is 5.10. The van der Waals surface area contributed by atoms with Crippen LogP contribution in [-0.2, 0) is 16.1 Å². The van der Waals surface area contributed by atoms with E-state index in [1.54, 1.807) is 0 Å². The van der Waals surface area contributed by atoms with Gasteiger partial charge in [-0.25, -0.2) is 0 Å². The second kappa shape index (κ2) is 6.13. The largest absolute Gasteiger partial charge is 0.481 e. The van der Waals surface area contributed by atoms with E-state index in [2.05, 4.69) is 21.2 Å². The fourth-order valence-corrected chi connectivity index (χ4v) is 3.07. The van der Waals surface area contributed by atoms with Gasteiger partial charge in [-0.05, 0) is 34.5 Å². The van der Waals surface area contributed by atoms with E-state index in [-0.39, 0.29) is 0 Å². The highest BCUT2D eigenvalue weighted by molar-refractivity contribution is 9.11. The first-order valence-corrected chi connectivity index (χ1v) is 6.44. The Balaban J connectivity index is 2.60. The zero-order valence-electron chi connectivity index (χ0n) is 9.07. The van der Waals surface area contributed by atoms with E-state index in [1.807, 2.05) is 13.0 Å². The van der Waals surface area contributed by atoms with Crippen molar-refractivity contribution in [3.05, 3.63) is 20.3 Å². The van der Waals surface area contributed by atoms with Gasteiger partial charge in [0.25, 0.3) is 0 Å². The van der Waals surface area contributed by atoms with Gasteiger partial charge >= 0.3 is 11.9 Å². The summed E-state index contributed by atoms with van der Waals surface area (Å²) in [6.07, 6.45) is -0.430. The third-order valence-electron chi connectivity index (χ3n) is 2.18. The topological polar surface area (TPSA) is 86.6 Å². The Bertz CT molecular complexity index is 432. The molecule has 0 spiro atoms.